The molecular formula is C29H38O6. The molecule has 0 bridgehead atoms. The van der Waals surface area contributed by atoms with Crippen LogP contribution >= 0.6 is 0 Å². The van der Waals surface area contributed by atoms with Gasteiger partial charge in [0.1, 0.15) is 0 Å². The number of allylic oxidation sites excluding steroid dienone is 3. The highest BCUT2D eigenvalue weighted by molar-refractivity contribution is 6.02. The highest BCUT2D eigenvalue weighted by Crippen LogP contribution is 2.55. The number of rotatable bonds is 7. The van der Waals surface area contributed by atoms with Gasteiger partial charge in [0, 0.05) is 5.92 Å². The summed E-state index contributed by atoms with van der Waals surface area (Å²) in [6.07, 6.45) is 12.7. The van der Waals surface area contributed by atoms with E-state index in [4.69, 9.17) is 14.2 Å². The van der Waals surface area contributed by atoms with Crippen molar-refractivity contribution < 1.29 is 28.6 Å². The van der Waals surface area contributed by atoms with E-state index in [2.05, 4.69) is 12.2 Å². The number of ether oxygens (including phenoxy) is 3. The summed E-state index contributed by atoms with van der Waals surface area (Å²) in [7, 11) is 0. The number of carbonyl (C=O) groups excluding carboxylic acids is 3. The van der Waals surface area contributed by atoms with Gasteiger partial charge in [0.05, 0.1) is 25.4 Å². The Morgan fingerprint density at radius 1 is 0.886 bits per heavy atom. The van der Waals surface area contributed by atoms with E-state index in [0.717, 1.165) is 49.7 Å². The molecule has 1 aromatic rings. The van der Waals surface area contributed by atoms with Crippen molar-refractivity contribution in [3.63, 3.8) is 0 Å². The third-order valence-corrected chi connectivity index (χ3v) is 7.01. The first-order valence-corrected chi connectivity index (χ1v) is 13.0. The Balaban J connectivity index is 2.06. The largest absolute Gasteiger partial charge is 0.465 e. The van der Waals surface area contributed by atoms with Crippen molar-refractivity contribution in [2.24, 2.45) is 17.3 Å². The fraction of sp³-hybridized carbons (Fsp3) is 0.552. The predicted octanol–water partition coefficient (Wildman–Crippen LogP) is 5.91. The number of hydrogen-bond donors (Lipinski definition) is 0. The van der Waals surface area contributed by atoms with E-state index in [-0.39, 0.29) is 37.4 Å². The van der Waals surface area contributed by atoms with Crippen LogP contribution in [0, 0.1) is 17.3 Å². The lowest BCUT2D eigenvalue weighted by Crippen LogP contribution is -2.46. The second-order valence-corrected chi connectivity index (χ2v) is 9.20. The van der Waals surface area contributed by atoms with Crippen molar-refractivity contribution in [3.05, 3.63) is 53.1 Å². The molecule has 2 atom stereocenters. The van der Waals surface area contributed by atoms with Crippen LogP contribution in [0.1, 0.15) is 81.6 Å². The molecule has 0 aliphatic heterocycles. The molecule has 6 nitrogen and oxygen atoms in total. The molecule has 3 rings (SSSR count). The minimum Gasteiger partial charge on any atom is -0.465 e. The molecule has 2 aliphatic rings. The maximum Gasteiger partial charge on any atom is 0.338 e. The second kappa shape index (κ2) is 12.7. The summed E-state index contributed by atoms with van der Waals surface area (Å²) in [6.45, 7) is 6.04. The van der Waals surface area contributed by atoms with Crippen LogP contribution < -0.4 is 0 Å². The Kier molecular flexibility index (Phi) is 9.70. The van der Waals surface area contributed by atoms with Crippen molar-refractivity contribution in [3.8, 4) is 0 Å². The summed E-state index contributed by atoms with van der Waals surface area (Å²) in [5, 5.41) is 0. The number of benzene rings is 1. The number of fused-ring (bicyclic) bond motifs is 1. The van der Waals surface area contributed by atoms with Gasteiger partial charge in [0.15, 0.2) is 5.41 Å². The van der Waals surface area contributed by atoms with Crippen molar-refractivity contribution in [1.82, 2.24) is 0 Å². The Hall–Kier alpha value is -2.89. The molecule has 1 fully saturated rings. The number of esters is 3. The molecule has 6 heteroatoms. The summed E-state index contributed by atoms with van der Waals surface area (Å²) in [5.74, 6) is -1.61. The zero-order valence-electron chi connectivity index (χ0n) is 21.2. The van der Waals surface area contributed by atoms with Gasteiger partial charge in [0.2, 0.25) is 0 Å². The van der Waals surface area contributed by atoms with Gasteiger partial charge in [-0.25, -0.2) is 4.79 Å². The first-order chi connectivity index (χ1) is 17.0. The van der Waals surface area contributed by atoms with Crippen LogP contribution in [0.4, 0.5) is 0 Å². The summed E-state index contributed by atoms with van der Waals surface area (Å²) < 4.78 is 16.1. The molecule has 0 spiro atoms. The zero-order valence-corrected chi connectivity index (χ0v) is 21.2. The SMILES string of the molecule is CCOC(=O)c1ccc(/C=C2\CC(C(=O)OCC)(C(=O)OCC)[C@@H]3CCCCCC/C=C/[C@@H]23)cc1. The van der Waals surface area contributed by atoms with Crippen LogP contribution in [0.2, 0.25) is 0 Å². The van der Waals surface area contributed by atoms with Gasteiger partial charge >= 0.3 is 17.9 Å². The molecule has 0 heterocycles. The summed E-state index contributed by atoms with van der Waals surface area (Å²) >= 11 is 0. The van der Waals surface area contributed by atoms with Crippen LogP contribution in [0.15, 0.2) is 42.0 Å². The summed E-state index contributed by atoms with van der Waals surface area (Å²) in [4.78, 5) is 38.9. The molecule has 2 aliphatic carbocycles. The van der Waals surface area contributed by atoms with Crippen LogP contribution in [-0.4, -0.2) is 37.7 Å². The quantitative estimate of drug-likeness (QED) is 0.208. The lowest BCUT2D eigenvalue weighted by atomic mass is 9.72. The third-order valence-electron chi connectivity index (χ3n) is 7.01. The predicted molar refractivity (Wildman–Crippen MR) is 135 cm³/mol. The molecule has 0 N–H and O–H groups in total. The first-order valence-electron chi connectivity index (χ1n) is 13.0. The first kappa shape index (κ1) is 26.7. The molecule has 0 aromatic heterocycles. The fourth-order valence-electron chi connectivity index (χ4n) is 5.38. The average molecular weight is 483 g/mol. The Bertz CT molecular complexity index is 924. The van der Waals surface area contributed by atoms with Gasteiger partial charge in [-0.2, -0.15) is 0 Å². The van der Waals surface area contributed by atoms with Gasteiger partial charge in [0.25, 0.3) is 0 Å². The Morgan fingerprint density at radius 2 is 1.51 bits per heavy atom. The van der Waals surface area contributed by atoms with Gasteiger partial charge < -0.3 is 14.2 Å². The Morgan fingerprint density at radius 3 is 2.14 bits per heavy atom. The molecular weight excluding hydrogens is 444 g/mol. The van der Waals surface area contributed by atoms with E-state index in [1.165, 1.54) is 0 Å². The van der Waals surface area contributed by atoms with E-state index in [9.17, 15) is 14.4 Å². The minimum absolute atomic E-state index is 0.0633. The van der Waals surface area contributed by atoms with Gasteiger partial charge in [-0.05, 0) is 70.1 Å². The molecule has 35 heavy (non-hydrogen) atoms. The standard InChI is InChI=1S/C29H38O6/c1-4-33-26(30)22-17-15-21(16-18-22)19-23-20-29(27(31)34-5-2,28(32)35-6-3)25-14-12-10-8-7-9-11-13-24(23)25/h11,13,15-19,24-25H,4-10,12,14,20H2,1-3H3/b13-11+,23-19+/t24-,25+/m0/s1. The molecule has 0 amide bonds. The molecule has 1 aromatic carbocycles. The van der Waals surface area contributed by atoms with Crippen LogP contribution in [-0.2, 0) is 23.8 Å². The highest BCUT2D eigenvalue weighted by atomic mass is 16.6. The monoisotopic (exact) mass is 482 g/mol. The normalized spacial score (nSPS) is 23.7. The second-order valence-electron chi connectivity index (χ2n) is 9.20. The topological polar surface area (TPSA) is 78.9 Å². The maximum atomic E-state index is 13.4. The third kappa shape index (κ3) is 6.03. The lowest BCUT2D eigenvalue weighted by molar-refractivity contribution is -0.175. The van der Waals surface area contributed by atoms with Crippen molar-refractivity contribution in [1.29, 1.82) is 0 Å². The summed E-state index contributed by atoms with van der Waals surface area (Å²) in [6, 6.07) is 7.22. The van der Waals surface area contributed by atoms with Crippen molar-refractivity contribution >= 4 is 24.0 Å². The van der Waals surface area contributed by atoms with Gasteiger partial charge in [-0.1, -0.05) is 55.2 Å². The molecule has 0 radical (unpaired) electrons. The molecule has 0 saturated heterocycles. The van der Waals surface area contributed by atoms with E-state index >= 15 is 0 Å². The summed E-state index contributed by atoms with van der Waals surface area (Å²) in [5.41, 5.74) is 1.05. The van der Waals surface area contributed by atoms with Crippen molar-refractivity contribution in [2.75, 3.05) is 19.8 Å². The highest BCUT2D eigenvalue weighted by Gasteiger charge is 2.61. The van der Waals surface area contributed by atoms with Gasteiger partial charge in [-0.3, -0.25) is 9.59 Å². The number of carbonyl (C=O) groups is 3. The smallest absolute Gasteiger partial charge is 0.338 e. The average Bonchev–Trinajstić information content (AvgIpc) is 3.16. The zero-order chi connectivity index (χ0) is 25.3. The minimum atomic E-state index is -1.35. The van der Waals surface area contributed by atoms with E-state index in [1.54, 1.807) is 32.9 Å². The van der Waals surface area contributed by atoms with Crippen LogP contribution in [0.25, 0.3) is 6.08 Å². The molecule has 0 unspecified atom stereocenters. The van der Waals surface area contributed by atoms with E-state index in [0.29, 0.717) is 12.2 Å². The van der Waals surface area contributed by atoms with E-state index in [1.807, 2.05) is 18.2 Å². The fourth-order valence-corrected chi connectivity index (χ4v) is 5.38. The Labute approximate surface area is 208 Å². The lowest BCUT2D eigenvalue weighted by Gasteiger charge is -2.32. The van der Waals surface area contributed by atoms with Crippen LogP contribution in [0.5, 0.6) is 0 Å². The molecule has 1 saturated carbocycles. The number of hydrogen-bond acceptors (Lipinski definition) is 6. The van der Waals surface area contributed by atoms with Crippen LogP contribution in [0.3, 0.4) is 0 Å². The van der Waals surface area contributed by atoms with Gasteiger partial charge in [-0.15, -0.1) is 0 Å². The van der Waals surface area contributed by atoms with Crippen molar-refractivity contribution in [2.45, 2.75) is 65.7 Å². The maximum absolute atomic E-state index is 13.4. The molecule has 190 valence electrons. The van der Waals surface area contributed by atoms with E-state index < -0.39 is 17.4 Å².